The first-order valence-corrected chi connectivity index (χ1v) is 15.8. The van der Waals surface area contributed by atoms with Crippen LogP contribution in [0.3, 0.4) is 0 Å². The molecular weight excluding hydrogens is 552 g/mol. The molecular formula is C31H46N6O4S. The number of methoxy groups -OCH3 is 1. The Kier molecular flexibility index (Phi) is 12.9. The lowest BCUT2D eigenvalue weighted by molar-refractivity contribution is -0.144. The highest BCUT2D eigenvalue weighted by molar-refractivity contribution is 7.11. The number of nitrogens with one attached hydrogen (secondary N) is 1. The number of allylic oxidation sites excluding steroid dienone is 1. The van der Waals surface area contributed by atoms with Crippen LogP contribution in [0.15, 0.2) is 18.3 Å². The second kappa shape index (κ2) is 16.4. The lowest BCUT2D eigenvalue weighted by Crippen LogP contribution is -2.44. The van der Waals surface area contributed by atoms with Gasteiger partial charge in [-0.25, -0.2) is 9.97 Å². The fourth-order valence-corrected chi connectivity index (χ4v) is 6.23. The average molecular weight is 599 g/mol. The van der Waals surface area contributed by atoms with Crippen LogP contribution >= 0.6 is 11.3 Å². The Bertz CT molecular complexity index is 1240. The van der Waals surface area contributed by atoms with Gasteiger partial charge in [0.2, 0.25) is 5.88 Å². The van der Waals surface area contributed by atoms with Crippen LogP contribution in [0.2, 0.25) is 0 Å². The van der Waals surface area contributed by atoms with E-state index in [0.29, 0.717) is 24.9 Å². The number of anilines is 1. The van der Waals surface area contributed by atoms with Gasteiger partial charge in [-0.1, -0.05) is 33.8 Å². The molecule has 0 saturated carbocycles. The molecule has 11 heteroatoms. The zero-order valence-electron chi connectivity index (χ0n) is 25.6. The van der Waals surface area contributed by atoms with E-state index in [9.17, 15) is 14.4 Å². The SMILES string of the molecule is CC/C=C\c1nc(C(C)CN2CCCC2)sc1CC.COc1ncc(NC(=O)C(=O)N2CCCC(C)C2)cc1C(N)=O. The number of aryl methyl sites for hydroxylation is 1. The highest BCUT2D eigenvalue weighted by Crippen LogP contribution is 2.28. The van der Waals surface area contributed by atoms with Crippen molar-refractivity contribution in [1.29, 1.82) is 0 Å². The summed E-state index contributed by atoms with van der Waals surface area (Å²) in [6, 6.07) is 1.33. The highest BCUT2D eigenvalue weighted by Gasteiger charge is 2.26. The maximum absolute atomic E-state index is 12.2. The van der Waals surface area contributed by atoms with Crippen LogP contribution in [0.5, 0.6) is 5.88 Å². The van der Waals surface area contributed by atoms with E-state index in [1.807, 2.05) is 18.3 Å². The molecule has 2 unspecified atom stereocenters. The quantitative estimate of drug-likeness (QED) is 0.400. The van der Waals surface area contributed by atoms with Crippen molar-refractivity contribution in [3.8, 4) is 5.88 Å². The van der Waals surface area contributed by atoms with E-state index in [1.165, 1.54) is 72.3 Å². The number of likely N-dealkylation sites (tertiary alicyclic amines) is 2. The third-order valence-corrected chi connectivity index (χ3v) is 8.88. The van der Waals surface area contributed by atoms with Gasteiger partial charge in [0.15, 0.2) is 0 Å². The smallest absolute Gasteiger partial charge is 0.313 e. The summed E-state index contributed by atoms with van der Waals surface area (Å²) < 4.78 is 4.92. The number of amides is 3. The topological polar surface area (TPSA) is 131 Å². The Morgan fingerprint density at radius 2 is 1.95 bits per heavy atom. The minimum absolute atomic E-state index is 0.0318. The zero-order chi connectivity index (χ0) is 30.6. The van der Waals surface area contributed by atoms with Gasteiger partial charge >= 0.3 is 11.8 Å². The number of carbonyl (C=O) groups is 3. The number of ether oxygens (including phenoxy) is 1. The van der Waals surface area contributed by atoms with Gasteiger partial charge in [0.25, 0.3) is 5.91 Å². The van der Waals surface area contributed by atoms with Gasteiger partial charge in [0.05, 0.1) is 29.7 Å². The van der Waals surface area contributed by atoms with Crippen LogP contribution in [0, 0.1) is 5.92 Å². The fraction of sp³-hybridized carbons (Fsp3) is 0.581. The maximum Gasteiger partial charge on any atom is 0.313 e. The fourth-order valence-electron chi connectivity index (χ4n) is 5.20. The largest absolute Gasteiger partial charge is 0.480 e. The van der Waals surface area contributed by atoms with E-state index >= 15 is 0 Å². The van der Waals surface area contributed by atoms with Gasteiger partial charge < -0.3 is 25.6 Å². The second-order valence-electron chi connectivity index (χ2n) is 11.0. The minimum Gasteiger partial charge on any atom is -0.480 e. The van der Waals surface area contributed by atoms with Crippen molar-refractivity contribution in [3.63, 3.8) is 0 Å². The monoisotopic (exact) mass is 598 g/mol. The molecule has 3 amide bonds. The van der Waals surface area contributed by atoms with Gasteiger partial charge in [-0.15, -0.1) is 11.3 Å². The van der Waals surface area contributed by atoms with Crippen LogP contribution in [-0.4, -0.2) is 77.3 Å². The average Bonchev–Trinajstić information content (AvgIpc) is 3.65. The van der Waals surface area contributed by atoms with Crippen LogP contribution in [0.25, 0.3) is 6.08 Å². The number of hydrogen-bond acceptors (Lipinski definition) is 8. The van der Waals surface area contributed by atoms with Crippen LogP contribution in [0.1, 0.15) is 91.7 Å². The molecule has 3 N–H and O–H groups in total. The summed E-state index contributed by atoms with van der Waals surface area (Å²) in [6.07, 6.45) is 12.6. The standard InChI is InChI=1S/C16H26N2S.C15H20N4O4/c1-4-6-9-14-15(5-2)19-16(17-14)13(3)12-18-10-7-8-11-18;1-9-4-3-5-19(8-9)15(22)13(21)18-10-6-11(12(16)20)14(23-2)17-7-10/h6,9,13H,4-5,7-8,10-12H2,1-3H3;6-7,9H,3-5,8H2,1-2H3,(H2,16,20)(H,18,21)/b9-6-;. The third-order valence-electron chi connectivity index (χ3n) is 7.44. The normalized spacial score (nSPS) is 17.9. The molecule has 4 heterocycles. The summed E-state index contributed by atoms with van der Waals surface area (Å²) in [5.41, 5.74) is 6.68. The molecule has 2 saturated heterocycles. The lowest BCUT2D eigenvalue weighted by Gasteiger charge is -2.30. The van der Waals surface area contributed by atoms with Gasteiger partial charge in [-0.05, 0) is 69.7 Å². The molecule has 4 rings (SSSR count). The first-order valence-electron chi connectivity index (χ1n) is 15.0. The van der Waals surface area contributed by atoms with Gasteiger partial charge in [-0.3, -0.25) is 14.4 Å². The number of carbonyl (C=O) groups excluding carboxylic acids is 3. The van der Waals surface area contributed by atoms with E-state index in [-0.39, 0.29) is 17.1 Å². The Hall–Kier alpha value is -3.31. The number of thiazole rings is 1. The van der Waals surface area contributed by atoms with E-state index in [2.05, 4.69) is 48.1 Å². The minimum atomic E-state index is -0.763. The molecule has 2 aliphatic rings. The summed E-state index contributed by atoms with van der Waals surface area (Å²) in [4.78, 5) is 49.9. The molecule has 0 aliphatic carbocycles. The van der Waals surface area contributed by atoms with Crippen LogP contribution in [0.4, 0.5) is 5.69 Å². The first kappa shape index (κ1) is 33.2. The van der Waals surface area contributed by atoms with Crippen molar-refractivity contribution >= 4 is 40.8 Å². The number of piperidine rings is 1. The zero-order valence-corrected chi connectivity index (χ0v) is 26.5. The van der Waals surface area contributed by atoms with Gasteiger partial charge in [0, 0.05) is 30.4 Å². The molecule has 0 aromatic carbocycles. The van der Waals surface area contributed by atoms with Crippen LogP contribution in [-0.2, 0) is 16.0 Å². The molecule has 2 aromatic heterocycles. The number of pyridine rings is 1. The predicted octanol–water partition coefficient (Wildman–Crippen LogP) is 4.71. The maximum atomic E-state index is 12.2. The number of hydrogen-bond donors (Lipinski definition) is 2. The number of primary amides is 1. The summed E-state index contributed by atoms with van der Waals surface area (Å²) in [5, 5.41) is 3.76. The molecule has 0 bridgehead atoms. The Balaban J connectivity index is 0.000000235. The summed E-state index contributed by atoms with van der Waals surface area (Å²) in [7, 11) is 1.36. The third kappa shape index (κ3) is 9.35. The molecule has 2 aliphatic heterocycles. The molecule has 0 spiro atoms. The van der Waals surface area contributed by atoms with Crippen LogP contribution < -0.4 is 15.8 Å². The van der Waals surface area contributed by atoms with E-state index in [0.717, 1.165) is 25.7 Å². The number of nitrogens with two attached hydrogens (primary N) is 1. The number of nitrogens with zero attached hydrogens (tertiary/aromatic N) is 4. The molecule has 42 heavy (non-hydrogen) atoms. The molecule has 0 radical (unpaired) electrons. The van der Waals surface area contributed by atoms with Crippen molar-refractivity contribution < 1.29 is 19.1 Å². The predicted molar refractivity (Wildman–Crippen MR) is 168 cm³/mol. The number of aromatic nitrogens is 2. The van der Waals surface area contributed by atoms with Crippen molar-refractivity contribution in [2.45, 2.75) is 72.1 Å². The van der Waals surface area contributed by atoms with Crippen molar-refractivity contribution in [3.05, 3.63) is 39.5 Å². The Labute approximate surface area is 253 Å². The lowest BCUT2D eigenvalue weighted by atomic mass is 10.0. The van der Waals surface area contributed by atoms with Crippen molar-refractivity contribution in [2.75, 3.05) is 45.2 Å². The Morgan fingerprint density at radius 3 is 2.57 bits per heavy atom. The van der Waals surface area contributed by atoms with E-state index in [1.54, 1.807) is 0 Å². The summed E-state index contributed by atoms with van der Waals surface area (Å²) >= 11 is 1.91. The molecule has 10 nitrogen and oxygen atoms in total. The Morgan fingerprint density at radius 1 is 1.21 bits per heavy atom. The van der Waals surface area contributed by atoms with Gasteiger partial charge in [-0.2, -0.15) is 0 Å². The summed E-state index contributed by atoms with van der Waals surface area (Å²) in [6.45, 7) is 13.6. The number of rotatable bonds is 9. The second-order valence-corrected chi connectivity index (χ2v) is 12.1. The molecule has 230 valence electrons. The molecule has 2 fully saturated rings. The first-order chi connectivity index (χ1) is 20.2. The van der Waals surface area contributed by atoms with Crippen molar-refractivity contribution in [1.82, 2.24) is 19.8 Å². The van der Waals surface area contributed by atoms with E-state index < -0.39 is 17.7 Å². The summed E-state index contributed by atoms with van der Waals surface area (Å²) in [5.74, 6) is -1.08. The molecule has 2 atom stereocenters. The van der Waals surface area contributed by atoms with E-state index in [4.69, 9.17) is 15.5 Å². The van der Waals surface area contributed by atoms with Crippen molar-refractivity contribution in [2.24, 2.45) is 11.7 Å². The van der Waals surface area contributed by atoms with Gasteiger partial charge in [0.1, 0.15) is 5.56 Å². The highest BCUT2D eigenvalue weighted by atomic mass is 32.1. The molecule has 2 aromatic rings.